The van der Waals surface area contributed by atoms with Crippen molar-refractivity contribution in [2.24, 2.45) is 0 Å². The molecule has 1 saturated heterocycles. The summed E-state index contributed by atoms with van der Waals surface area (Å²) in [5.41, 5.74) is 0. The first-order valence-electron chi connectivity index (χ1n) is 5.03. The third kappa shape index (κ3) is 5.55. The van der Waals surface area contributed by atoms with Gasteiger partial charge in [-0.05, 0) is 6.42 Å². The minimum atomic E-state index is 0.397. The van der Waals surface area contributed by atoms with Crippen molar-refractivity contribution in [1.82, 2.24) is 5.32 Å². The van der Waals surface area contributed by atoms with E-state index in [9.17, 15) is 0 Å². The first-order chi connectivity index (χ1) is 6.08. The number of rotatable bonds is 4. The molecule has 0 aromatic carbocycles. The second-order valence-corrected chi connectivity index (χ2v) is 6.40. The van der Waals surface area contributed by atoms with Crippen LogP contribution >= 0.6 is 11.8 Å². The maximum Gasteiger partial charge on any atom is 0.0620 e. The van der Waals surface area contributed by atoms with E-state index in [2.05, 4.69) is 26.1 Å². The molecule has 0 spiro atoms. The Balaban J connectivity index is 1.94. The number of nitrogens with one attached hydrogen (secondary N) is 1. The summed E-state index contributed by atoms with van der Waals surface area (Å²) >= 11 is 2.01. The fourth-order valence-corrected chi connectivity index (χ4v) is 2.15. The fourth-order valence-electron chi connectivity index (χ4n) is 1.32. The van der Waals surface area contributed by atoms with E-state index in [4.69, 9.17) is 4.74 Å². The smallest absolute Gasteiger partial charge is 0.0620 e. The first kappa shape index (κ1) is 11.3. The van der Waals surface area contributed by atoms with Crippen LogP contribution in [0.3, 0.4) is 0 Å². The van der Waals surface area contributed by atoms with E-state index in [1.165, 1.54) is 12.2 Å². The SMILES string of the molecule is CC(C)(C)SCCNC1CCOC1. The first-order valence-corrected chi connectivity index (χ1v) is 6.01. The number of hydrogen-bond acceptors (Lipinski definition) is 3. The quantitative estimate of drug-likeness (QED) is 0.705. The van der Waals surface area contributed by atoms with Crippen LogP contribution in [0.25, 0.3) is 0 Å². The van der Waals surface area contributed by atoms with Crippen LogP contribution in [0.4, 0.5) is 0 Å². The van der Waals surface area contributed by atoms with E-state index < -0.39 is 0 Å². The standard InChI is InChI=1S/C10H21NOS/c1-10(2,3)13-7-5-11-9-4-6-12-8-9/h9,11H,4-8H2,1-3H3. The van der Waals surface area contributed by atoms with Crippen LogP contribution in [-0.4, -0.2) is 36.3 Å². The van der Waals surface area contributed by atoms with Gasteiger partial charge < -0.3 is 10.1 Å². The van der Waals surface area contributed by atoms with E-state index in [-0.39, 0.29) is 0 Å². The summed E-state index contributed by atoms with van der Waals surface area (Å²) in [6, 6.07) is 0.612. The largest absolute Gasteiger partial charge is 0.380 e. The zero-order chi connectivity index (χ0) is 9.73. The second-order valence-electron chi connectivity index (χ2n) is 4.48. The Labute approximate surface area is 85.8 Å². The molecule has 1 aliphatic heterocycles. The molecule has 0 bridgehead atoms. The maximum absolute atomic E-state index is 5.29. The van der Waals surface area contributed by atoms with Gasteiger partial charge in [-0.2, -0.15) is 11.8 Å². The monoisotopic (exact) mass is 203 g/mol. The third-order valence-electron chi connectivity index (χ3n) is 2.00. The van der Waals surface area contributed by atoms with E-state index in [1.807, 2.05) is 11.8 Å². The molecule has 1 heterocycles. The van der Waals surface area contributed by atoms with Crippen molar-refractivity contribution in [3.8, 4) is 0 Å². The molecule has 3 heteroatoms. The highest BCUT2D eigenvalue weighted by Crippen LogP contribution is 2.22. The summed E-state index contributed by atoms with van der Waals surface area (Å²) in [6.07, 6.45) is 1.18. The lowest BCUT2D eigenvalue weighted by Gasteiger charge is -2.18. The fraction of sp³-hybridized carbons (Fsp3) is 1.00. The zero-order valence-electron chi connectivity index (χ0n) is 8.93. The van der Waals surface area contributed by atoms with Gasteiger partial charge in [0.1, 0.15) is 0 Å². The molecule has 13 heavy (non-hydrogen) atoms. The molecule has 0 amide bonds. The molecule has 1 unspecified atom stereocenters. The molecule has 2 nitrogen and oxygen atoms in total. The van der Waals surface area contributed by atoms with Gasteiger partial charge in [0.2, 0.25) is 0 Å². The number of thioether (sulfide) groups is 1. The van der Waals surface area contributed by atoms with Crippen LogP contribution in [0.5, 0.6) is 0 Å². The van der Waals surface area contributed by atoms with Crippen molar-refractivity contribution in [2.75, 3.05) is 25.5 Å². The summed E-state index contributed by atoms with van der Waals surface area (Å²) in [4.78, 5) is 0. The van der Waals surface area contributed by atoms with Crippen molar-refractivity contribution in [1.29, 1.82) is 0 Å². The lowest BCUT2D eigenvalue weighted by atomic mass is 10.3. The van der Waals surface area contributed by atoms with Gasteiger partial charge in [0.15, 0.2) is 0 Å². The minimum absolute atomic E-state index is 0.397. The highest BCUT2D eigenvalue weighted by molar-refractivity contribution is 8.00. The Morgan fingerprint density at radius 2 is 2.23 bits per heavy atom. The molecule has 1 N–H and O–H groups in total. The van der Waals surface area contributed by atoms with Gasteiger partial charge in [0.25, 0.3) is 0 Å². The summed E-state index contributed by atoms with van der Waals surface area (Å²) < 4.78 is 5.68. The molecule has 1 fully saturated rings. The van der Waals surface area contributed by atoms with Gasteiger partial charge in [0.05, 0.1) is 6.61 Å². The Morgan fingerprint density at radius 3 is 2.77 bits per heavy atom. The summed E-state index contributed by atoms with van der Waals surface area (Å²) in [5.74, 6) is 1.19. The highest BCUT2D eigenvalue weighted by atomic mass is 32.2. The Morgan fingerprint density at radius 1 is 1.46 bits per heavy atom. The van der Waals surface area contributed by atoms with E-state index in [0.717, 1.165) is 19.8 Å². The van der Waals surface area contributed by atoms with Crippen molar-refractivity contribution in [2.45, 2.75) is 38.0 Å². The van der Waals surface area contributed by atoms with Gasteiger partial charge >= 0.3 is 0 Å². The molecule has 0 aliphatic carbocycles. The molecule has 1 atom stereocenters. The van der Waals surface area contributed by atoms with E-state index in [0.29, 0.717) is 10.8 Å². The summed E-state index contributed by atoms with van der Waals surface area (Å²) in [7, 11) is 0. The van der Waals surface area contributed by atoms with Gasteiger partial charge in [-0.1, -0.05) is 20.8 Å². The average Bonchev–Trinajstić information content (AvgIpc) is 2.48. The molecule has 1 rings (SSSR count). The molecule has 1 aliphatic rings. The predicted molar refractivity (Wildman–Crippen MR) is 59.4 cm³/mol. The number of ether oxygens (including phenoxy) is 1. The van der Waals surface area contributed by atoms with Crippen LogP contribution in [0.2, 0.25) is 0 Å². The van der Waals surface area contributed by atoms with Gasteiger partial charge in [-0.25, -0.2) is 0 Å². The lowest BCUT2D eigenvalue weighted by Crippen LogP contribution is -2.31. The van der Waals surface area contributed by atoms with Crippen molar-refractivity contribution in [3.63, 3.8) is 0 Å². The average molecular weight is 203 g/mol. The topological polar surface area (TPSA) is 21.3 Å². The molecule has 0 radical (unpaired) electrons. The number of hydrogen-bond donors (Lipinski definition) is 1. The molecular weight excluding hydrogens is 182 g/mol. The van der Waals surface area contributed by atoms with E-state index in [1.54, 1.807) is 0 Å². The molecule has 0 saturated carbocycles. The summed E-state index contributed by atoms with van der Waals surface area (Å²) in [5, 5.41) is 3.51. The lowest BCUT2D eigenvalue weighted by molar-refractivity contribution is 0.190. The van der Waals surface area contributed by atoms with Gasteiger partial charge in [-0.15, -0.1) is 0 Å². The second kappa shape index (κ2) is 5.23. The molecule has 0 aromatic heterocycles. The van der Waals surface area contributed by atoms with Gasteiger partial charge in [-0.3, -0.25) is 0 Å². The molecule has 78 valence electrons. The van der Waals surface area contributed by atoms with Crippen LogP contribution in [-0.2, 0) is 4.74 Å². The summed E-state index contributed by atoms with van der Waals surface area (Å²) in [6.45, 7) is 9.73. The zero-order valence-corrected chi connectivity index (χ0v) is 9.75. The van der Waals surface area contributed by atoms with Crippen LogP contribution in [0.15, 0.2) is 0 Å². The van der Waals surface area contributed by atoms with Crippen LogP contribution < -0.4 is 5.32 Å². The van der Waals surface area contributed by atoms with Crippen LogP contribution in [0.1, 0.15) is 27.2 Å². The molecular formula is C10H21NOS. The predicted octanol–water partition coefficient (Wildman–Crippen LogP) is 1.90. The van der Waals surface area contributed by atoms with Crippen molar-refractivity contribution < 1.29 is 4.74 Å². The maximum atomic E-state index is 5.29. The Bertz CT molecular complexity index is 138. The Hall–Kier alpha value is 0.270. The highest BCUT2D eigenvalue weighted by Gasteiger charge is 2.15. The van der Waals surface area contributed by atoms with Gasteiger partial charge in [0, 0.05) is 29.7 Å². The van der Waals surface area contributed by atoms with Crippen molar-refractivity contribution >= 4 is 11.8 Å². The Kier molecular flexibility index (Phi) is 4.56. The molecule has 0 aromatic rings. The van der Waals surface area contributed by atoms with Crippen molar-refractivity contribution in [3.05, 3.63) is 0 Å². The van der Waals surface area contributed by atoms with E-state index >= 15 is 0 Å². The normalized spacial score (nSPS) is 23.8. The third-order valence-corrected chi connectivity index (χ3v) is 3.27. The van der Waals surface area contributed by atoms with Crippen LogP contribution in [0, 0.1) is 0 Å². The minimum Gasteiger partial charge on any atom is -0.380 e.